The van der Waals surface area contributed by atoms with E-state index in [-0.39, 0.29) is 5.91 Å². The van der Waals surface area contributed by atoms with Crippen LogP contribution in [0.5, 0.6) is 5.75 Å². The molecule has 0 fully saturated rings. The molecule has 0 saturated heterocycles. The zero-order valence-electron chi connectivity index (χ0n) is 13.2. The number of anilines is 1. The number of halogens is 1. The van der Waals surface area contributed by atoms with Gasteiger partial charge in [-0.25, -0.2) is 0 Å². The lowest BCUT2D eigenvalue weighted by molar-refractivity contribution is -0.122. The summed E-state index contributed by atoms with van der Waals surface area (Å²) in [4.78, 5) is 12.4. The van der Waals surface area contributed by atoms with Gasteiger partial charge in [0.2, 0.25) is 0 Å². The van der Waals surface area contributed by atoms with Crippen molar-refractivity contribution in [2.45, 2.75) is 26.1 Å². The summed E-state index contributed by atoms with van der Waals surface area (Å²) >= 11 is 6.08. The maximum atomic E-state index is 12.4. The van der Waals surface area contributed by atoms with E-state index in [1.165, 1.54) is 0 Å². The smallest absolute Gasteiger partial charge is 0.265 e. The lowest BCUT2D eigenvalue weighted by Crippen LogP contribution is -2.32. The summed E-state index contributed by atoms with van der Waals surface area (Å²) in [5, 5.41) is 3.36. The van der Waals surface area contributed by atoms with E-state index in [0.717, 1.165) is 5.56 Å². The van der Waals surface area contributed by atoms with E-state index in [4.69, 9.17) is 21.1 Å². The Morgan fingerprint density at radius 2 is 2.00 bits per heavy atom. The van der Waals surface area contributed by atoms with Crippen molar-refractivity contribution in [2.24, 2.45) is 0 Å². The number of para-hydroxylation sites is 1. The predicted molar refractivity (Wildman–Crippen MR) is 91.9 cm³/mol. The van der Waals surface area contributed by atoms with Crippen LogP contribution in [0, 0.1) is 0 Å². The molecule has 0 aliphatic rings. The molecule has 0 radical (unpaired) electrons. The van der Waals surface area contributed by atoms with Crippen LogP contribution < -0.4 is 10.1 Å². The van der Waals surface area contributed by atoms with Gasteiger partial charge >= 0.3 is 0 Å². The third-order valence-corrected chi connectivity index (χ3v) is 3.59. The summed E-state index contributed by atoms with van der Waals surface area (Å²) in [7, 11) is 1.63. The monoisotopic (exact) mass is 333 g/mol. The molecule has 23 heavy (non-hydrogen) atoms. The van der Waals surface area contributed by atoms with Gasteiger partial charge in [-0.3, -0.25) is 4.79 Å². The van der Waals surface area contributed by atoms with E-state index in [1.54, 1.807) is 19.2 Å². The normalized spacial score (nSPS) is 11.8. The third-order valence-electron chi connectivity index (χ3n) is 3.27. The molecule has 4 nitrogen and oxygen atoms in total. The number of hydrogen-bond acceptors (Lipinski definition) is 3. The average molecular weight is 334 g/mol. The minimum atomic E-state index is -0.610. The van der Waals surface area contributed by atoms with E-state index >= 15 is 0 Å². The van der Waals surface area contributed by atoms with Crippen LogP contribution in [0.1, 0.15) is 18.9 Å². The first kappa shape index (κ1) is 17.3. The zero-order chi connectivity index (χ0) is 16.7. The highest BCUT2D eigenvalue weighted by molar-refractivity contribution is 6.32. The Morgan fingerprint density at radius 3 is 2.70 bits per heavy atom. The van der Waals surface area contributed by atoms with Gasteiger partial charge in [0.1, 0.15) is 5.75 Å². The first-order chi connectivity index (χ1) is 11.1. The molecule has 0 unspecified atom stereocenters. The quantitative estimate of drug-likeness (QED) is 0.822. The molecule has 1 N–H and O–H groups in total. The Balaban J connectivity index is 2.05. The Kier molecular flexibility index (Phi) is 6.44. The highest BCUT2D eigenvalue weighted by Gasteiger charge is 2.19. The number of ether oxygens (including phenoxy) is 2. The number of rotatable bonds is 7. The molecule has 1 atom stereocenters. The molecule has 2 aromatic rings. The van der Waals surface area contributed by atoms with Gasteiger partial charge in [0, 0.05) is 12.8 Å². The maximum Gasteiger partial charge on any atom is 0.265 e. The number of amides is 1. The van der Waals surface area contributed by atoms with E-state index in [2.05, 4.69) is 5.32 Å². The van der Waals surface area contributed by atoms with Crippen LogP contribution in [0.2, 0.25) is 5.02 Å². The lowest BCUT2D eigenvalue weighted by Gasteiger charge is -2.18. The minimum Gasteiger partial charge on any atom is -0.479 e. The summed E-state index contributed by atoms with van der Waals surface area (Å²) < 4.78 is 10.8. The van der Waals surface area contributed by atoms with Crippen LogP contribution in [-0.4, -0.2) is 19.1 Å². The van der Waals surface area contributed by atoms with Crippen molar-refractivity contribution in [1.29, 1.82) is 0 Å². The number of carbonyl (C=O) groups is 1. The van der Waals surface area contributed by atoms with Gasteiger partial charge in [-0.1, -0.05) is 42.8 Å². The standard InChI is InChI=1S/C18H20ClNO3/c1-3-16(23-17-10-5-4-9-15(17)19)18(21)20-14-8-6-7-13(11-14)12-22-2/h4-11,16H,3,12H2,1-2H3,(H,20,21)/t16-/m0/s1. The van der Waals surface area contributed by atoms with Gasteiger partial charge in [-0.05, 0) is 36.2 Å². The Bertz CT molecular complexity index is 660. The number of benzene rings is 2. The second kappa shape index (κ2) is 8.56. The number of methoxy groups -OCH3 is 1. The first-order valence-electron chi connectivity index (χ1n) is 7.44. The summed E-state index contributed by atoms with van der Waals surface area (Å²) in [6, 6.07) is 14.6. The highest BCUT2D eigenvalue weighted by Crippen LogP contribution is 2.25. The van der Waals surface area contributed by atoms with Gasteiger partial charge in [-0.15, -0.1) is 0 Å². The molecule has 5 heteroatoms. The minimum absolute atomic E-state index is 0.206. The van der Waals surface area contributed by atoms with E-state index in [9.17, 15) is 4.79 Å². The molecule has 0 aliphatic heterocycles. The Morgan fingerprint density at radius 1 is 1.22 bits per heavy atom. The third kappa shape index (κ3) is 4.98. The van der Waals surface area contributed by atoms with Crippen molar-refractivity contribution < 1.29 is 14.3 Å². The zero-order valence-corrected chi connectivity index (χ0v) is 14.0. The van der Waals surface area contributed by atoms with Crippen molar-refractivity contribution in [3.63, 3.8) is 0 Å². The van der Waals surface area contributed by atoms with Crippen molar-refractivity contribution >= 4 is 23.2 Å². The summed E-state index contributed by atoms with van der Waals surface area (Å²) in [5.74, 6) is 0.297. The maximum absolute atomic E-state index is 12.4. The molecular weight excluding hydrogens is 314 g/mol. The van der Waals surface area contributed by atoms with Gasteiger partial charge in [0.25, 0.3) is 5.91 Å². The van der Waals surface area contributed by atoms with Crippen LogP contribution in [0.25, 0.3) is 0 Å². The molecule has 0 saturated carbocycles. The van der Waals surface area contributed by atoms with Crippen molar-refractivity contribution in [3.05, 3.63) is 59.1 Å². The van der Waals surface area contributed by atoms with Gasteiger partial charge in [0.15, 0.2) is 6.10 Å². The second-order valence-corrected chi connectivity index (χ2v) is 5.48. The molecule has 0 aliphatic carbocycles. The fraction of sp³-hybridized carbons (Fsp3) is 0.278. The van der Waals surface area contributed by atoms with Crippen LogP contribution in [-0.2, 0) is 16.1 Å². The van der Waals surface area contributed by atoms with E-state index < -0.39 is 6.10 Å². The van der Waals surface area contributed by atoms with Crippen LogP contribution in [0.15, 0.2) is 48.5 Å². The molecule has 0 heterocycles. The molecule has 122 valence electrons. The number of hydrogen-bond donors (Lipinski definition) is 1. The fourth-order valence-electron chi connectivity index (χ4n) is 2.14. The summed E-state index contributed by atoms with van der Waals surface area (Å²) in [5.41, 5.74) is 1.70. The predicted octanol–water partition coefficient (Wildman–Crippen LogP) is 4.28. The van der Waals surface area contributed by atoms with Crippen molar-refractivity contribution in [3.8, 4) is 5.75 Å². The number of carbonyl (C=O) groups excluding carboxylic acids is 1. The summed E-state index contributed by atoms with van der Waals surface area (Å²) in [6.45, 7) is 2.39. The SMILES string of the molecule is CC[C@H](Oc1ccccc1Cl)C(=O)Nc1cccc(COC)c1. The Hall–Kier alpha value is -2.04. The highest BCUT2D eigenvalue weighted by atomic mass is 35.5. The van der Waals surface area contributed by atoms with Crippen LogP contribution >= 0.6 is 11.6 Å². The van der Waals surface area contributed by atoms with Gasteiger partial charge < -0.3 is 14.8 Å². The van der Waals surface area contributed by atoms with Gasteiger partial charge in [0.05, 0.1) is 11.6 Å². The van der Waals surface area contributed by atoms with Gasteiger partial charge in [-0.2, -0.15) is 0 Å². The fourth-order valence-corrected chi connectivity index (χ4v) is 2.32. The van der Waals surface area contributed by atoms with Crippen molar-refractivity contribution in [2.75, 3.05) is 12.4 Å². The summed E-state index contributed by atoms with van der Waals surface area (Å²) in [6.07, 6.45) is -0.0737. The lowest BCUT2D eigenvalue weighted by atomic mass is 10.2. The Labute approximate surface area is 141 Å². The van der Waals surface area contributed by atoms with E-state index in [0.29, 0.717) is 29.5 Å². The molecule has 2 rings (SSSR count). The molecule has 1 amide bonds. The molecular formula is C18H20ClNO3. The topological polar surface area (TPSA) is 47.6 Å². The molecule has 0 aromatic heterocycles. The van der Waals surface area contributed by atoms with E-state index in [1.807, 2.05) is 43.3 Å². The largest absolute Gasteiger partial charge is 0.479 e. The molecule has 0 bridgehead atoms. The molecule has 2 aromatic carbocycles. The van der Waals surface area contributed by atoms with Crippen LogP contribution in [0.3, 0.4) is 0 Å². The second-order valence-electron chi connectivity index (χ2n) is 5.07. The van der Waals surface area contributed by atoms with Crippen molar-refractivity contribution in [1.82, 2.24) is 0 Å². The van der Waals surface area contributed by atoms with Crippen LogP contribution in [0.4, 0.5) is 5.69 Å². The number of nitrogens with one attached hydrogen (secondary N) is 1. The first-order valence-corrected chi connectivity index (χ1v) is 7.81. The molecule has 0 spiro atoms. The average Bonchev–Trinajstić information content (AvgIpc) is 2.54.